The molecule has 0 saturated heterocycles. The van der Waals surface area contributed by atoms with Gasteiger partial charge in [-0.3, -0.25) is 6.08 Å². The van der Waals surface area contributed by atoms with Crippen molar-refractivity contribution < 1.29 is 55.8 Å². The Hall–Kier alpha value is 0.934. The van der Waals surface area contributed by atoms with Gasteiger partial charge in [-0.2, -0.15) is 6.08 Å². The second-order valence-electron chi connectivity index (χ2n) is 3.46. The van der Waals surface area contributed by atoms with E-state index in [1.54, 1.807) is 0 Å². The van der Waals surface area contributed by atoms with Gasteiger partial charge in [-0.05, 0) is 18.3 Å². The third-order valence-electron chi connectivity index (χ3n) is 2.91. The second kappa shape index (κ2) is 11.4. The van der Waals surface area contributed by atoms with Gasteiger partial charge < -0.3 is 37.2 Å². The summed E-state index contributed by atoms with van der Waals surface area (Å²) in [5.74, 6) is 0. The summed E-state index contributed by atoms with van der Waals surface area (Å²) in [7, 11) is 0. The largest absolute Gasteiger partial charge is 4.00 e. The van der Waals surface area contributed by atoms with Crippen LogP contribution in [0.4, 0.5) is 0 Å². The number of hydrogen-bond donors (Lipinski definition) is 0. The fourth-order valence-electron chi connectivity index (χ4n) is 1.45. The van der Waals surface area contributed by atoms with Gasteiger partial charge in [-0.25, -0.2) is 11.6 Å². The summed E-state index contributed by atoms with van der Waals surface area (Å²) in [4.78, 5) is 0. The molecule has 0 fully saturated rings. The van der Waals surface area contributed by atoms with Crippen LogP contribution in [0.15, 0.2) is 17.7 Å². The normalized spacial score (nSPS) is 12.6. The van der Waals surface area contributed by atoms with Crippen molar-refractivity contribution in [3.63, 3.8) is 0 Å². The first kappa shape index (κ1) is 25.0. The van der Waals surface area contributed by atoms with Crippen molar-refractivity contribution >= 4 is 0 Å². The standard InChI is InChI=1S/C11H17.3ClH.V/c1-4-11(3,5-2)10-8-6-7-9-10;;;;/h6,8H,4-5,7H2,1-3H3;3*1H;/q-1;;;;+4/p-3. The second-order valence-corrected chi connectivity index (χ2v) is 3.46. The average Bonchev–Trinajstić information content (AvgIpc) is 2.55. The van der Waals surface area contributed by atoms with Gasteiger partial charge in [-0.1, -0.05) is 20.8 Å². The molecule has 1 rings (SSSR count). The Morgan fingerprint density at radius 2 is 1.67 bits per heavy atom. The Morgan fingerprint density at radius 1 is 1.20 bits per heavy atom. The van der Waals surface area contributed by atoms with Gasteiger partial charge in [0, 0.05) is 0 Å². The van der Waals surface area contributed by atoms with Crippen LogP contribution in [-0.4, -0.2) is 0 Å². The first-order valence-electron chi connectivity index (χ1n) is 4.51. The molecule has 1 aliphatic carbocycles. The van der Waals surface area contributed by atoms with Crippen molar-refractivity contribution in [1.29, 1.82) is 0 Å². The number of rotatable bonds is 3. The van der Waals surface area contributed by atoms with Crippen molar-refractivity contribution in [2.24, 2.45) is 5.41 Å². The van der Waals surface area contributed by atoms with Crippen LogP contribution < -0.4 is 37.2 Å². The van der Waals surface area contributed by atoms with Crippen LogP contribution >= 0.6 is 0 Å². The Labute approximate surface area is 124 Å². The zero-order valence-electron chi connectivity index (χ0n) is 9.36. The molecule has 0 N–H and O–H groups in total. The van der Waals surface area contributed by atoms with Gasteiger partial charge >= 0.3 is 18.6 Å². The monoisotopic (exact) mass is 305 g/mol. The average molecular weight is 307 g/mol. The van der Waals surface area contributed by atoms with E-state index in [2.05, 4.69) is 39.0 Å². The quantitative estimate of drug-likeness (QED) is 0.457. The van der Waals surface area contributed by atoms with E-state index in [1.165, 1.54) is 18.4 Å². The smallest absolute Gasteiger partial charge is 1.00 e. The fourth-order valence-corrected chi connectivity index (χ4v) is 1.45. The number of allylic oxidation sites excluding steroid dienone is 4. The molecule has 0 amide bonds. The van der Waals surface area contributed by atoms with Crippen molar-refractivity contribution in [2.45, 2.75) is 40.0 Å². The summed E-state index contributed by atoms with van der Waals surface area (Å²) in [5.41, 5.74) is 1.80. The van der Waals surface area contributed by atoms with Gasteiger partial charge in [0.1, 0.15) is 0 Å². The maximum atomic E-state index is 3.40. The van der Waals surface area contributed by atoms with E-state index in [4.69, 9.17) is 0 Å². The van der Waals surface area contributed by atoms with Gasteiger partial charge in [0.2, 0.25) is 0 Å². The Morgan fingerprint density at radius 3 is 1.93 bits per heavy atom. The summed E-state index contributed by atoms with van der Waals surface area (Å²) in [6.07, 6.45) is 11.3. The van der Waals surface area contributed by atoms with Crippen LogP contribution in [0.2, 0.25) is 0 Å². The minimum absolute atomic E-state index is 0. The minimum Gasteiger partial charge on any atom is -1.00 e. The van der Waals surface area contributed by atoms with E-state index in [0.29, 0.717) is 5.41 Å². The molecule has 0 aliphatic heterocycles. The molecule has 0 nitrogen and oxygen atoms in total. The van der Waals surface area contributed by atoms with Crippen molar-refractivity contribution in [1.82, 2.24) is 0 Å². The predicted octanol–water partition coefficient (Wildman–Crippen LogP) is -5.49. The molecule has 1 aliphatic rings. The molecule has 1 radical (unpaired) electrons. The molecule has 0 aromatic heterocycles. The van der Waals surface area contributed by atoms with Crippen LogP contribution in [0.25, 0.3) is 0 Å². The molecule has 0 heterocycles. The van der Waals surface area contributed by atoms with Crippen molar-refractivity contribution in [2.75, 3.05) is 0 Å². The van der Waals surface area contributed by atoms with Gasteiger partial charge in [0.05, 0.1) is 0 Å². The summed E-state index contributed by atoms with van der Waals surface area (Å²) < 4.78 is 0. The first-order chi connectivity index (χ1) is 5.23. The Kier molecular flexibility index (Phi) is 19.0. The molecule has 15 heavy (non-hydrogen) atoms. The third-order valence-corrected chi connectivity index (χ3v) is 2.91. The van der Waals surface area contributed by atoms with Gasteiger partial charge in [-0.15, -0.1) is 6.42 Å². The molecule has 0 bridgehead atoms. The molecule has 0 spiro atoms. The maximum absolute atomic E-state index is 3.40. The van der Waals surface area contributed by atoms with E-state index in [9.17, 15) is 0 Å². The van der Waals surface area contributed by atoms with E-state index < -0.39 is 0 Å². The number of hydrogen-bond acceptors (Lipinski definition) is 0. The summed E-state index contributed by atoms with van der Waals surface area (Å²) in [5, 5.41) is 0. The van der Waals surface area contributed by atoms with Gasteiger partial charge in [0.25, 0.3) is 0 Å². The summed E-state index contributed by atoms with van der Waals surface area (Å²) in [6, 6.07) is 0. The third kappa shape index (κ3) is 6.29. The first-order valence-corrected chi connectivity index (χ1v) is 4.51. The molecular weight excluding hydrogens is 289 g/mol. The molecule has 0 atom stereocenters. The van der Waals surface area contributed by atoms with Crippen LogP contribution in [0.5, 0.6) is 0 Å². The fraction of sp³-hybridized carbons (Fsp3) is 0.636. The van der Waals surface area contributed by atoms with Gasteiger partial charge in [0.15, 0.2) is 0 Å². The topological polar surface area (TPSA) is 0 Å². The van der Waals surface area contributed by atoms with Crippen LogP contribution in [0.3, 0.4) is 0 Å². The van der Waals surface area contributed by atoms with E-state index in [1.807, 2.05) is 0 Å². The summed E-state index contributed by atoms with van der Waals surface area (Å²) >= 11 is 0. The molecule has 87 valence electrons. The van der Waals surface area contributed by atoms with E-state index in [0.717, 1.165) is 6.42 Å². The van der Waals surface area contributed by atoms with E-state index >= 15 is 0 Å². The van der Waals surface area contributed by atoms with Crippen molar-refractivity contribution in [3.05, 3.63) is 23.8 Å². The molecule has 0 aromatic carbocycles. The maximum Gasteiger partial charge on any atom is 4.00 e. The SMILES string of the molecule is CCC(C)(CC)C1=[C-]CC=C1.[Cl-].[Cl-].[Cl-].[V+4]. The molecule has 0 unspecified atom stereocenters. The number of halogens is 3. The zero-order chi connectivity index (χ0) is 8.32. The van der Waals surface area contributed by atoms with Crippen LogP contribution in [0, 0.1) is 11.5 Å². The van der Waals surface area contributed by atoms with Crippen molar-refractivity contribution in [3.8, 4) is 0 Å². The molecular formula is C11H17Cl3V. The Balaban J connectivity index is -0.000000151. The summed E-state index contributed by atoms with van der Waals surface area (Å²) in [6.45, 7) is 6.83. The zero-order valence-corrected chi connectivity index (χ0v) is 13.0. The molecule has 0 aromatic rings. The Bertz CT molecular complexity index is 196. The molecule has 0 saturated carbocycles. The van der Waals surface area contributed by atoms with Crippen LogP contribution in [0.1, 0.15) is 40.0 Å². The van der Waals surface area contributed by atoms with E-state index in [-0.39, 0.29) is 55.8 Å². The predicted molar refractivity (Wildman–Crippen MR) is 49.2 cm³/mol. The van der Waals surface area contributed by atoms with Crippen LogP contribution in [-0.2, 0) is 18.6 Å². The minimum atomic E-state index is 0. The molecule has 4 heteroatoms.